The zero-order valence-corrected chi connectivity index (χ0v) is 7.67. The smallest absolute Gasteiger partial charge is 0.0821 e. The Labute approximate surface area is 77.0 Å². The lowest BCUT2D eigenvalue weighted by atomic mass is 10.1. The van der Waals surface area contributed by atoms with Crippen LogP contribution in [-0.4, -0.2) is 5.11 Å². The molecule has 1 aromatic rings. The Morgan fingerprint density at radius 1 is 1.50 bits per heavy atom. The lowest BCUT2D eigenvalue weighted by Gasteiger charge is -2.07. The van der Waals surface area contributed by atoms with Crippen LogP contribution in [0, 0.1) is 5.92 Å². The second-order valence-electron chi connectivity index (χ2n) is 3.47. The average molecular weight is 183 g/mol. The number of halogens is 1. The number of benzene rings is 1. The molecule has 64 valence electrons. The van der Waals surface area contributed by atoms with Gasteiger partial charge in [0.25, 0.3) is 0 Å². The van der Waals surface area contributed by atoms with Gasteiger partial charge in [0, 0.05) is 5.02 Å². The molecule has 1 N–H and O–H groups in total. The Balaban J connectivity index is 2.48. The molecule has 2 unspecified atom stereocenters. The quantitative estimate of drug-likeness (QED) is 0.654. The maximum atomic E-state index is 9.72. The van der Waals surface area contributed by atoms with Crippen molar-refractivity contribution in [2.75, 3.05) is 0 Å². The number of hydrogen-bond acceptors (Lipinski definition) is 1. The highest BCUT2D eigenvalue weighted by atomic mass is 35.5. The van der Waals surface area contributed by atoms with E-state index in [4.69, 9.17) is 11.6 Å². The lowest BCUT2D eigenvalue weighted by Crippen LogP contribution is -2.00. The maximum Gasteiger partial charge on any atom is 0.0821 e. The minimum Gasteiger partial charge on any atom is -0.388 e. The summed E-state index contributed by atoms with van der Waals surface area (Å²) in [7, 11) is 0. The third-order valence-corrected chi connectivity index (χ3v) is 2.74. The molecule has 1 aliphatic rings. The number of hydrogen-bond donors (Lipinski definition) is 1. The van der Waals surface area contributed by atoms with Crippen LogP contribution in [0.3, 0.4) is 0 Å². The molecule has 1 nitrogen and oxygen atoms in total. The first-order valence-corrected chi connectivity index (χ1v) is 4.52. The van der Waals surface area contributed by atoms with Crippen molar-refractivity contribution in [1.82, 2.24) is 0 Å². The third-order valence-electron chi connectivity index (χ3n) is 2.51. The second kappa shape index (κ2) is 2.75. The van der Waals surface area contributed by atoms with E-state index in [2.05, 4.69) is 6.92 Å². The van der Waals surface area contributed by atoms with E-state index in [-0.39, 0.29) is 6.10 Å². The zero-order valence-electron chi connectivity index (χ0n) is 6.92. The summed E-state index contributed by atoms with van der Waals surface area (Å²) in [5, 5.41) is 10.4. The van der Waals surface area contributed by atoms with Gasteiger partial charge < -0.3 is 5.11 Å². The summed E-state index contributed by atoms with van der Waals surface area (Å²) >= 11 is 5.83. The van der Waals surface area contributed by atoms with E-state index in [1.165, 1.54) is 5.56 Å². The summed E-state index contributed by atoms with van der Waals surface area (Å²) in [6, 6.07) is 5.75. The van der Waals surface area contributed by atoms with E-state index >= 15 is 0 Å². The molecule has 0 aromatic heterocycles. The summed E-state index contributed by atoms with van der Waals surface area (Å²) < 4.78 is 0. The van der Waals surface area contributed by atoms with Crippen molar-refractivity contribution in [1.29, 1.82) is 0 Å². The van der Waals surface area contributed by atoms with Gasteiger partial charge in [-0.2, -0.15) is 0 Å². The van der Waals surface area contributed by atoms with Gasteiger partial charge >= 0.3 is 0 Å². The van der Waals surface area contributed by atoms with Crippen LogP contribution < -0.4 is 0 Å². The standard InChI is InChI=1S/C10H11ClO/c1-6-4-7-2-3-8(11)5-9(7)10(6)12/h2-3,5-6,10,12H,4H2,1H3. The summed E-state index contributed by atoms with van der Waals surface area (Å²) in [4.78, 5) is 0. The predicted octanol–water partition coefficient (Wildman–Crippen LogP) is 2.57. The van der Waals surface area contributed by atoms with Gasteiger partial charge in [-0.1, -0.05) is 24.6 Å². The Hall–Kier alpha value is -0.530. The highest BCUT2D eigenvalue weighted by Crippen LogP contribution is 2.36. The van der Waals surface area contributed by atoms with Gasteiger partial charge in [0.15, 0.2) is 0 Å². The van der Waals surface area contributed by atoms with Crippen LogP contribution in [0.4, 0.5) is 0 Å². The molecule has 0 radical (unpaired) electrons. The van der Waals surface area contributed by atoms with Crippen LogP contribution in [-0.2, 0) is 6.42 Å². The average Bonchev–Trinajstić information content (AvgIpc) is 2.31. The minimum absolute atomic E-state index is 0.321. The van der Waals surface area contributed by atoms with Gasteiger partial charge in [0.1, 0.15) is 0 Å². The van der Waals surface area contributed by atoms with E-state index < -0.39 is 0 Å². The molecule has 1 aromatic carbocycles. The summed E-state index contributed by atoms with van der Waals surface area (Å²) in [6.07, 6.45) is 0.645. The molecule has 0 spiro atoms. The number of aliphatic hydroxyl groups excluding tert-OH is 1. The Kier molecular flexibility index (Phi) is 1.85. The first-order valence-electron chi connectivity index (χ1n) is 4.15. The normalized spacial score (nSPS) is 27.2. The van der Waals surface area contributed by atoms with Crippen molar-refractivity contribution in [3.63, 3.8) is 0 Å². The van der Waals surface area contributed by atoms with Crippen LogP contribution in [0.25, 0.3) is 0 Å². The summed E-state index contributed by atoms with van der Waals surface area (Å²) in [6.45, 7) is 2.05. The van der Waals surface area contributed by atoms with Crippen LogP contribution in [0.2, 0.25) is 5.02 Å². The fourth-order valence-electron chi connectivity index (χ4n) is 1.79. The monoisotopic (exact) mass is 182 g/mol. The first-order chi connectivity index (χ1) is 5.68. The molecule has 2 rings (SSSR count). The van der Waals surface area contributed by atoms with E-state index in [0.29, 0.717) is 10.9 Å². The first kappa shape index (κ1) is 8.09. The Morgan fingerprint density at radius 2 is 2.25 bits per heavy atom. The fourth-order valence-corrected chi connectivity index (χ4v) is 1.97. The SMILES string of the molecule is CC1Cc2ccc(Cl)cc2C1O. The molecular formula is C10H11ClO. The molecule has 0 bridgehead atoms. The van der Waals surface area contributed by atoms with Crippen LogP contribution in [0.5, 0.6) is 0 Å². The van der Waals surface area contributed by atoms with E-state index in [0.717, 1.165) is 12.0 Å². The van der Waals surface area contributed by atoms with Gasteiger partial charge in [-0.3, -0.25) is 0 Å². The molecule has 12 heavy (non-hydrogen) atoms. The number of fused-ring (bicyclic) bond motifs is 1. The summed E-state index contributed by atoms with van der Waals surface area (Å²) in [5.74, 6) is 0.332. The Bertz CT molecular complexity index is 309. The van der Waals surface area contributed by atoms with Gasteiger partial charge in [-0.25, -0.2) is 0 Å². The predicted molar refractivity (Wildman–Crippen MR) is 49.3 cm³/mol. The summed E-state index contributed by atoms with van der Waals surface area (Å²) in [5.41, 5.74) is 2.24. The number of rotatable bonds is 0. The molecule has 0 fully saturated rings. The van der Waals surface area contributed by atoms with Crippen molar-refractivity contribution < 1.29 is 5.11 Å². The van der Waals surface area contributed by atoms with Crippen LogP contribution >= 0.6 is 11.6 Å². The highest BCUT2D eigenvalue weighted by Gasteiger charge is 2.27. The highest BCUT2D eigenvalue weighted by molar-refractivity contribution is 6.30. The maximum absolute atomic E-state index is 9.72. The van der Waals surface area contributed by atoms with E-state index in [9.17, 15) is 5.11 Å². The molecule has 0 heterocycles. The fraction of sp³-hybridized carbons (Fsp3) is 0.400. The molecule has 2 atom stereocenters. The number of aliphatic hydroxyl groups is 1. The molecule has 0 aliphatic heterocycles. The topological polar surface area (TPSA) is 20.2 Å². The van der Waals surface area contributed by atoms with Crippen molar-refractivity contribution in [3.8, 4) is 0 Å². The molecule has 2 heteroatoms. The zero-order chi connectivity index (χ0) is 8.72. The lowest BCUT2D eigenvalue weighted by molar-refractivity contribution is 0.133. The van der Waals surface area contributed by atoms with Gasteiger partial charge in [0.05, 0.1) is 6.10 Å². The Morgan fingerprint density at radius 3 is 3.00 bits per heavy atom. The molecule has 0 saturated heterocycles. The minimum atomic E-state index is -0.321. The van der Waals surface area contributed by atoms with Crippen LogP contribution in [0.15, 0.2) is 18.2 Å². The van der Waals surface area contributed by atoms with Crippen molar-refractivity contribution in [2.24, 2.45) is 5.92 Å². The van der Waals surface area contributed by atoms with Crippen molar-refractivity contribution in [3.05, 3.63) is 34.3 Å². The van der Waals surface area contributed by atoms with Gasteiger partial charge in [0.2, 0.25) is 0 Å². The van der Waals surface area contributed by atoms with E-state index in [1.54, 1.807) is 0 Å². The molecular weight excluding hydrogens is 172 g/mol. The van der Waals surface area contributed by atoms with Gasteiger partial charge in [-0.05, 0) is 35.6 Å². The molecule has 1 aliphatic carbocycles. The largest absolute Gasteiger partial charge is 0.388 e. The molecule has 0 saturated carbocycles. The van der Waals surface area contributed by atoms with Crippen LogP contribution in [0.1, 0.15) is 24.2 Å². The second-order valence-corrected chi connectivity index (χ2v) is 3.91. The van der Waals surface area contributed by atoms with Gasteiger partial charge in [-0.15, -0.1) is 0 Å². The molecule has 0 amide bonds. The third kappa shape index (κ3) is 1.13. The van der Waals surface area contributed by atoms with Crippen molar-refractivity contribution in [2.45, 2.75) is 19.4 Å². The van der Waals surface area contributed by atoms with E-state index in [1.807, 2.05) is 18.2 Å². The van der Waals surface area contributed by atoms with Crippen molar-refractivity contribution >= 4 is 11.6 Å².